The van der Waals surface area contributed by atoms with Crippen LogP contribution < -0.4 is 10.1 Å². The van der Waals surface area contributed by atoms with Gasteiger partial charge in [-0.1, -0.05) is 6.07 Å². The standard InChI is InChI=1S/C18H23NO3/c1-21-15-7-8-18-13(9-15)3-2-4-14(18)10-19-11-16-5-6-17(12-20)22-16/h5-9,14,19-20H,2-4,10-12H2,1H3. The number of aryl methyl sites for hydroxylation is 1. The molecule has 0 radical (unpaired) electrons. The number of nitrogens with one attached hydrogen (secondary N) is 1. The highest BCUT2D eigenvalue weighted by Gasteiger charge is 2.20. The first-order chi connectivity index (χ1) is 10.8. The second kappa shape index (κ2) is 6.99. The minimum Gasteiger partial charge on any atom is -0.497 e. The molecule has 2 aromatic rings. The van der Waals surface area contributed by atoms with E-state index in [9.17, 15) is 0 Å². The van der Waals surface area contributed by atoms with Gasteiger partial charge in [0.05, 0.1) is 13.7 Å². The Bertz CT molecular complexity index is 621. The lowest BCUT2D eigenvalue weighted by Gasteiger charge is -2.26. The monoisotopic (exact) mass is 301 g/mol. The van der Waals surface area contributed by atoms with Crippen molar-refractivity contribution < 1.29 is 14.3 Å². The smallest absolute Gasteiger partial charge is 0.129 e. The maximum atomic E-state index is 9.01. The van der Waals surface area contributed by atoms with E-state index in [0.717, 1.165) is 24.5 Å². The van der Waals surface area contributed by atoms with Crippen molar-refractivity contribution in [1.82, 2.24) is 5.32 Å². The number of rotatable bonds is 6. The molecule has 0 amide bonds. The number of furan rings is 1. The van der Waals surface area contributed by atoms with Crippen LogP contribution in [0.5, 0.6) is 5.75 Å². The number of ether oxygens (including phenoxy) is 1. The van der Waals surface area contributed by atoms with Crippen molar-refractivity contribution in [3.05, 3.63) is 53.0 Å². The highest BCUT2D eigenvalue weighted by Crippen LogP contribution is 2.33. The molecule has 0 saturated heterocycles. The maximum absolute atomic E-state index is 9.01. The van der Waals surface area contributed by atoms with Gasteiger partial charge in [0.2, 0.25) is 0 Å². The second-order valence-corrected chi connectivity index (χ2v) is 5.81. The van der Waals surface area contributed by atoms with Crippen LogP contribution in [-0.2, 0) is 19.6 Å². The third-order valence-electron chi connectivity index (χ3n) is 4.35. The molecule has 0 spiro atoms. The third kappa shape index (κ3) is 3.34. The second-order valence-electron chi connectivity index (χ2n) is 5.81. The molecule has 0 bridgehead atoms. The van der Waals surface area contributed by atoms with Crippen molar-refractivity contribution in [1.29, 1.82) is 0 Å². The van der Waals surface area contributed by atoms with Crippen LogP contribution in [0.2, 0.25) is 0 Å². The van der Waals surface area contributed by atoms with Crippen LogP contribution in [0.1, 0.15) is 41.4 Å². The molecule has 1 aromatic heterocycles. The van der Waals surface area contributed by atoms with Gasteiger partial charge in [-0.3, -0.25) is 0 Å². The summed E-state index contributed by atoms with van der Waals surface area (Å²) in [6.45, 7) is 1.59. The van der Waals surface area contributed by atoms with E-state index in [0.29, 0.717) is 18.2 Å². The Morgan fingerprint density at radius 1 is 1.27 bits per heavy atom. The SMILES string of the molecule is COc1ccc2c(c1)CCCC2CNCc1ccc(CO)o1. The molecule has 4 nitrogen and oxygen atoms in total. The van der Waals surface area contributed by atoms with Crippen molar-refractivity contribution in [2.24, 2.45) is 0 Å². The summed E-state index contributed by atoms with van der Waals surface area (Å²) in [6, 6.07) is 10.2. The molecule has 0 fully saturated rings. The number of hydrogen-bond donors (Lipinski definition) is 2. The molecule has 2 N–H and O–H groups in total. The summed E-state index contributed by atoms with van der Waals surface area (Å²) in [7, 11) is 1.72. The fraction of sp³-hybridized carbons (Fsp3) is 0.444. The predicted molar refractivity (Wildman–Crippen MR) is 85.0 cm³/mol. The average Bonchev–Trinajstić information content (AvgIpc) is 3.02. The van der Waals surface area contributed by atoms with Crippen LogP contribution in [-0.4, -0.2) is 18.8 Å². The van der Waals surface area contributed by atoms with Crippen molar-refractivity contribution in [2.75, 3.05) is 13.7 Å². The summed E-state index contributed by atoms with van der Waals surface area (Å²) >= 11 is 0. The number of benzene rings is 1. The first kappa shape index (κ1) is 15.1. The molecule has 1 unspecified atom stereocenters. The van der Waals surface area contributed by atoms with Crippen LogP contribution in [0.4, 0.5) is 0 Å². The topological polar surface area (TPSA) is 54.6 Å². The Labute approximate surface area is 131 Å². The van der Waals surface area contributed by atoms with Crippen LogP contribution in [0, 0.1) is 0 Å². The molecule has 1 heterocycles. The summed E-state index contributed by atoms with van der Waals surface area (Å²) in [5, 5.41) is 12.5. The summed E-state index contributed by atoms with van der Waals surface area (Å²) in [6.07, 6.45) is 3.58. The normalized spacial score (nSPS) is 17.3. The highest BCUT2D eigenvalue weighted by molar-refractivity contribution is 5.39. The van der Waals surface area contributed by atoms with E-state index >= 15 is 0 Å². The summed E-state index contributed by atoms with van der Waals surface area (Å²) in [5.74, 6) is 2.98. The van der Waals surface area contributed by atoms with Gasteiger partial charge in [-0.2, -0.15) is 0 Å². The van der Waals surface area contributed by atoms with E-state index in [2.05, 4.69) is 23.5 Å². The Kier molecular flexibility index (Phi) is 4.80. The number of methoxy groups -OCH3 is 1. The zero-order chi connectivity index (χ0) is 15.4. The first-order valence-electron chi connectivity index (χ1n) is 7.86. The zero-order valence-corrected chi connectivity index (χ0v) is 13.0. The predicted octanol–water partition coefficient (Wildman–Crippen LogP) is 2.99. The Balaban J connectivity index is 1.60. The number of aliphatic hydroxyl groups excluding tert-OH is 1. The summed E-state index contributed by atoms with van der Waals surface area (Å²) in [4.78, 5) is 0. The average molecular weight is 301 g/mol. The van der Waals surface area contributed by atoms with Crippen molar-refractivity contribution >= 4 is 0 Å². The van der Waals surface area contributed by atoms with Crippen molar-refractivity contribution in [3.63, 3.8) is 0 Å². The molecule has 0 saturated carbocycles. The largest absolute Gasteiger partial charge is 0.497 e. The fourth-order valence-corrected chi connectivity index (χ4v) is 3.20. The minimum atomic E-state index is -0.0438. The van der Waals surface area contributed by atoms with Crippen LogP contribution in [0.3, 0.4) is 0 Å². The van der Waals surface area contributed by atoms with Gasteiger partial charge < -0.3 is 19.6 Å². The van der Waals surface area contributed by atoms with E-state index in [1.807, 2.05) is 12.1 Å². The lowest BCUT2D eigenvalue weighted by atomic mass is 9.82. The van der Waals surface area contributed by atoms with Gasteiger partial charge >= 0.3 is 0 Å². The molecular formula is C18H23NO3. The molecule has 1 aromatic carbocycles. The van der Waals surface area contributed by atoms with E-state index < -0.39 is 0 Å². The zero-order valence-electron chi connectivity index (χ0n) is 13.0. The van der Waals surface area contributed by atoms with Crippen LogP contribution >= 0.6 is 0 Å². The molecule has 4 heteroatoms. The van der Waals surface area contributed by atoms with Crippen molar-refractivity contribution in [3.8, 4) is 5.75 Å². The molecular weight excluding hydrogens is 278 g/mol. The van der Waals surface area contributed by atoms with E-state index in [-0.39, 0.29) is 6.61 Å². The summed E-state index contributed by atoms with van der Waals surface area (Å²) in [5.41, 5.74) is 2.85. The molecule has 1 atom stereocenters. The fourth-order valence-electron chi connectivity index (χ4n) is 3.20. The van der Waals surface area contributed by atoms with Gasteiger partial charge in [-0.25, -0.2) is 0 Å². The van der Waals surface area contributed by atoms with Crippen LogP contribution in [0.15, 0.2) is 34.7 Å². The van der Waals surface area contributed by atoms with Crippen molar-refractivity contribution in [2.45, 2.75) is 38.3 Å². The lowest BCUT2D eigenvalue weighted by molar-refractivity contribution is 0.242. The van der Waals surface area contributed by atoms with E-state index in [1.165, 1.54) is 24.0 Å². The van der Waals surface area contributed by atoms with Gasteiger partial charge in [0, 0.05) is 6.54 Å². The lowest BCUT2D eigenvalue weighted by Crippen LogP contribution is -2.24. The number of aliphatic hydroxyl groups is 1. The minimum absolute atomic E-state index is 0.0438. The number of fused-ring (bicyclic) bond motifs is 1. The molecule has 22 heavy (non-hydrogen) atoms. The Morgan fingerprint density at radius 3 is 2.91 bits per heavy atom. The van der Waals surface area contributed by atoms with Crippen LogP contribution in [0.25, 0.3) is 0 Å². The van der Waals surface area contributed by atoms with E-state index in [1.54, 1.807) is 7.11 Å². The Hall–Kier alpha value is -1.78. The molecule has 118 valence electrons. The molecule has 1 aliphatic rings. The van der Waals surface area contributed by atoms with Gasteiger partial charge in [-0.05, 0) is 60.6 Å². The van der Waals surface area contributed by atoms with Gasteiger partial charge in [-0.15, -0.1) is 0 Å². The van der Waals surface area contributed by atoms with Gasteiger partial charge in [0.1, 0.15) is 23.9 Å². The summed E-state index contributed by atoms with van der Waals surface area (Å²) < 4.78 is 10.8. The number of hydrogen-bond acceptors (Lipinski definition) is 4. The molecule has 0 aliphatic heterocycles. The van der Waals surface area contributed by atoms with Gasteiger partial charge in [0.25, 0.3) is 0 Å². The Morgan fingerprint density at radius 2 is 2.14 bits per heavy atom. The molecule has 1 aliphatic carbocycles. The van der Waals surface area contributed by atoms with Gasteiger partial charge in [0.15, 0.2) is 0 Å². The quantitative estimate of drug-likeness (QED) is 0.861. The first-order valence-corrected chi connectivity index (χ1v) is 7.86. The van der Waals surface area contributed by atoms with E-state index in [4.69, 9.17) is 14.3 Å². The molecule has 3 rings (SSSR count). The third-order valence-corrected chi connectivity index (χ3v) is 4.35. The highest BCUT2D eigenvalue weighted by atomic mass is 16.5. The maximum Gasteiger partial charge on any atom is 0.129 e.